The highest BCUT2D eigenvalue weighted by atomic mass is 32.1. The normalized spacial score (nSPS) is 20.9. The van der Waals surface area contributed by atoms with Crippen LogP contribution in [0.25, 0.3) is 0 Å². The summed E-state index contributed by atoms with van der Waals surface area (Å²) in [6, 6.07) is 0. The summed E-state index contributed by atoms with van der Waals surface area (Å²) in [5.41, 5.74) is 5.57. The van der Waals surface area contributed by atoms with E-state index in [4.69, 9.17) is 30.2 Å². The van der Waals surface area contributed by atoms with Crippen molar-refractivity contribution >= 4 is 40.4 Å². The van der Waals surface area contributed by atoms with Crippen LogP contribution in [0, 0.1) is 5.41 Å². The molecule has 1 aliphatic rings. The highest BCUT2D eigenvalue weighted by Crippen LogP contribution is 2.30. The molecule has 0 atom stereocenters. The Labute approximate surface area is 88.8 Å². The van der Waals surface area contributed by atoms with Crippen LogP contribution in [0.15, 0.2) is 4.99 Å². The summed E-state index contributed by atoms with van der Waals surface area (Å²) in [6.45, 7) is 4.10. The Balaban J connectivity index is 3.14. The van der Waals surface area contributed by atoms with Crippen LogP contribution in [-0.4, -0.2) is 15.9 Å². The van der Waals surface area contributed by atoms with Crippen molar-refractivity contribution in [2.75, 3.05) is 0 Å². The van der Waals surface area contributed by atoms with Crippen LogP contribution in [0.5, 0.6) is 0 Å². The molecule has 13 heavy (non-hydrogen) atoms. The minimum atomic E-state index is -0.280. The number of nitrogens with zero attached hydrogens (tertiary/aromatic N) is 1. The van der Waals surface area contributed by atoms with Gasteiger partial charge in [0, 0.05) is 0 Å². The van der Waals surface area contributed by atoms with E-state index in [0.717, 1.165) is 12.8 Å². The van der Waals surface area contributed by atoms with E-state index in [1.807, 2.05) is 13.8 Å². The lowest BCUT2D eigenvalue weighted by Gasteiger charge is -2.35. The maximum atomic E-state index is 5.85. The maximum absolute atomic E-state index is 5.85. The molecule has 72 valence electrons. The Morgan fingerprint density at radius 2 is 1.92 bits per heavy atom. The molecule has 1 aliphatic heterocycles. The molecule has 3 nitrogen and oxygen atoms in total. The van der Waals surface area contributed by atoms with Gasteiger partial charge < -0.3 is 11.1 Å². The fraction of sp³-hybridized carbons (Fsp3) is 0.625. The second-order valence-corrected chi connectivity index (χ2v) is 3.84. The Morgan fingerprint density at radius 3 is 2.31 bits per heavy atom. The third-order valence-electron chi connectivity index (χ3n) is 2.57. The lowest BCUT2D eigenvalue weighted by Crippen LogP contribution is -2.53. The zero-order valence-corrected chi connectivity index (χ0v) is 9.39. The summed E-state index contributed by atoms with van der Waals surface area (Å²) < 4.78 is 0. The lowest BCUT2D eigenvalue weighted by atomic mass is 9.80. The molecule has 0 aromatic rings. The molecule has 0 fully saturated rings. The van der Waals surface area contributed by atoms with Crippen LogP contribution in [0.3, 0.4) is 0 Å². The van der Waals surface area contributed by atoms with Crippen molar-refractivity contribution in [3.8, 4) is 0 Å². The molecule has 0 aromatic heterocycles. The lowest BCUT2D eigenvalue weighted by molar-refractivity contribution is 0.522. The fourth-order valence-electron chi connectivity index (χ4n) is 1.51. The van der Waals surface area contributed by atoms with Gasteiger partial charge in [0.2, 0.25) is 0 Å². The summed E-state index contributed by atoms with van der Waals surface area (Å²) >= 11 is 10.1. The average Bonchev–Trinajstić information content (AvgIpc) is 2.05. The van der Waals surface area contributed by atoms with E-state index in [9.17, 15) is 0 Å². The molecule has 1 heterocycles. The van der Waals surface area contributed by atoms with E-state index in [-0.39, 0.29) is 5.41 Å². The van der Waals surface area contributed by atoms with E-state index >= 15 is 0 Å². The minimum Gasteiger partial charge on any atom is -0.386 e. The van der Waals surface area contributed by atoms with Crippen LogP contribution >= 0.6 is 24.4 Å². The third kappa shape index (κ3) is 1.58. The van der Waals surface area contributed by atoms with E-state index in [2.05, 4.69) is 10.3 Å². The monoisotopic (exact) mass is 215 g/mol. The molecular formula is C8H13N3S2. The van der Waals surface area contributed by atoms with E-state index in [1.54, 1.807) is 0 Å². The van der Waals surface area contributed by atoms with Crippen molar-refractivity contribution in [2.45, 2.75) is 26.7 Å². The Hall–Kier alpha value is -0.550. The van der Waals surface area contributed by atoms with Crippen molar-refractivity contribution in [1.82, 2.24) is 5.32 Å². The first-order chi connectivity index (χ1) is 6.06. The number of thiocarbonyl (C=S) groups is 2. The molecule has 0 bridgehead atoms. The molecule has 5 heteroatoms. The van der Waals surface area contributed by atoms with Crippen molar-refractivity contribution in [3.63, 3.8) is 0 Å². The third-order valence-corrected chi connectivity index (χ3v) is 3.26. The van der Waals surface area contributed by atoms with Gasteiger partial charge in [-0.1, -0.05) is 26.1 Å². The van der Waals surface area contributed by atoms with E-state index in [1.165, 1.54) is 0 Å². The van der Waals surface area contributed by atoms with Crippen LogP contribution < -0.4 is 11.1 Å². The molecule has 3 N–H and O–H groups in total. The Kier molecular flexibility index (Phi) is 2.98. The molecule has 0 saturated carbocycles. The molecule has 0 spiro atoms. The topological polar surface area (TPSA) is 50.4 Å². The molecule has 1 rings (SSSR count). The second kappa shape index (κ2) is 3.67. The number of nitrogens with two attached hydrogens (primary N) is 1. The highest BCUT2D eigenvalue weighted by molar-refractivity contribution is 7.82. The van der Waals surface area contributed by atoms with Crippen LogP contribution in [0.4, 0.5) is 0 Å². The SMILES string of the molecule is CCC1(CC)C(=S)NC(=S)N=C1N. The molecular weight excluding hydrogens is 202 g/mol. The van der Waals surface area contributed by atoms with Gasteiger partial charge >= 0.3 is 0 Å². The van der Waals surface area contributed by atoms with Crippen molar-refractivity contribution in [3.05, 3.63) is 0 Å². The number of aliphatic imine (C=N–C) groups is 1. The predicted octanol–water partition coefficient (Wildman–Crippen LogP) is 1.37. The summed E-state index contributed by atoms with van der Waals surface area (Å²) in [5.74, 6) is 0.547. The largest absolute Gasteiger partial charge is 0.386 e. The first-order valence-corrected chi connectivity index (χ1v) is 5.08. The second-order valence-electron chi connectivity index (χ2n) is 3.05. The Bertz CT molecular complexity index is 279. The van der Waals surface area contributed by atoms with Gasteiger partial charge in [-0.2, -0.15) is 0 Å². The van der Waals surface area contributed by atoms with Gasteiger partial charge in [0.05, 0.1) is 10.4 Å². The average molecular weight is 215 g/mol. The van der Waals surface area contributed by atoms with Gasteiger partial charge in [-0.05, 0) is 25.1 Å². The smallest absolute Gasteiger partial charge is 0.199 e. The number of rotatable bonds is 2. The molecule has 0 radical (unpaired) electrons. The maximum Gasteiger partial charge on any atom is 0.199 e. The highest BCUT2D eigenvalue weighted by Gasteiger charge is 2.38. The zero-order valence-electron chi connectivity index (χ0n) is 7.76. The van der Waals surface area contributed by atoms with Gasteiger partial charge in [-0.25, -0.2) is 4.99 Å². The fourth-order valence-corrected chi connectivity index (χ4v) is 2.27. The summed E-state index contributed by atoms with van der Waals surface area (Å²) in [6.07, 6.45) is 1.71. The van der Waals surface area contributed by atoms with Gasteiger partial charge in [0.25, 0.3) is 0 Å². The number of amidine groups is 1. The number of hydrogen-bond donors (Lipinski definition) is 2. The van der Waals surface area contributed by atoms with Crippen molar-refractivity contribution < 1.29 is 0 Å². The first-order valence-electron chi connectivity index (χ1n) is 4.27. The minimum absolute atomic E-state index is 0.280. The van der Waals surface area contributed by atoms with Gasteiger partial charge in [0.1, 0.15) is 5.84 Å². The van der Waals surface area contributed by atoms with E-state index < -0.39 is 0 Å². The predicted molar refractivity (Wildman–Crippen MR) is 63.0 cm³/mol. The van der Waals surface area contributed by atoms with Crippen LogP contribution in [-0.2, 0) is 0 Å². The summed E-state index contributed by atoms with van der Waals surface area (Å²) in [4.78, 5) is 4.76. The molecule has 0 aromatic carbocycles. The number of nitrogens with one attached hydrogen (secondary N) is 1. The standard InChI is InChI=1S/C8H13N3S2/c1-3-8(4-2)5(9)10-7(13)11-6(8)12/h3-4H2,1-2H3,(H3,9,10,11,12,13). The summed E-state index contributed by atoms with van der Waals surface area (Å²) in [5, 5.41) is 3.27. The Morgan fingerprint density at radius 1 is 1.38 bits per heavy atom. The molecule has 0 saturated heterocycles. The quantitative estimate of drug-likeness (QED) is 0.683. The van der Waals surface area contributed by atoms with Gasteiger partial charge in [0.15, 0.2) is 5.11 Å². The van der Waals surface area contributed by atoms with Gasteiger partial charge in [-0.3, -0.25) is 0 Å². The number of hydrogen-bond acceptors (Lipinski definition) is 3. The first kappa shape index (κ1) is 10.5. The molecule has 0 amide bonds. The van der Waals surface area contributed by atoms with Crippen LogP contribution in [0.1, 0.15) is 26.7 Å². The van der Waals surface area contributed by atoms with Crippen LogP contribution in [0.2, 0.25) is 0 Å². The molecule has 0 unspecified atom stereocenters. The van der Waals surface area contributed by atoms with Crippen molar-refractivity contribution in [1.29, 1.82) is 0 Å². The molecule has 0 aliphatic carbocycles. The van der Waals surface area contributed by atoms with E-state index in [0.29, 0.717) is 15.9 Å². The zero-order chi connectivity index (χ0) is 10.1. The van der Waals surface area contributed by atoms with Gasteiger partial charge in [-0.15, -0.1) is 0 Å². The van der Waals surface area contributed by atoms with Crippen molar-refractivity contribution in [2.24, 2.45) is 16.1 Å². The summed E-state index contributed by atoms with van der Waals surface area (Å²) in [7, 11) is 0.